The highest BCUT2D eigenvalue weighted by molar-refractivity contribution is 8.00. The third kappa shape index (κ3) is 2.44. The maximum Gasteiger partial charge on any atom is 0.0692 e. The SMILES string of the molecule is CCCC1CC2(CCO1)NCCCS2. The molecule has 0 aliphatic carbocycles. The molecule has 2 atom stereocenters. The first-order valence-corrected chi connectivity index (χ1v) is 6.84. The maximum atomic E-state index is 5.79. The molecule has 1 N–H and O–H groups in total. The zero-order valence-corrected chi connectivity index (χ0v) is 9.87. The van der Waals surface area contributed by atoms with Gasteiger partial charge in [0.1, 0.15) is 0 Å². The Hall–Kier alpha value is 0.270. The van der Waals surface area contributed by atoms with Crippen molar-refractivity contribution in [1.29, 1.82) is 0 Å². The zero-order valence-electron chi connectivity index (χ0n) is 9.05. The Bertz CT molecular complexity index is 173. The third-order valence-corrected chi connectivity index (χ3v) is 4.73. The smallest absolute Gasteiger partial charge is 0.0692 e. The van der Waals surface area contributed by atoms with Crippen molar-refractivity contribution in [2.45, 2.75) is 50.0 Å². The molecule has 2 rings (SSSR count). The van der Waals surface area contributed by atoms with Crippen LogP contribution in [0.25, 0.3) is 0 Å². The van der Waals surface area contributed by atoms with E-state index >= 15 is 0 Å². The zero-order chi connectivity index (χ0) is 9.86. The van der Waals surface area contributed by atoms with Crippen LogP contribution in [0.5, 0.6) is 0 Å². The second kappa shape index (κ2) is 4.86. The van der Waals surface area contributed by atoms with E-state index in [2.05, 4.69) is 24.0 Å². The predicted octanol–water partition coefficient (Wildman–Crippen LogP) is 2.39. The van der Waals surface area contributed by atoms with E-state index in [9.17, 15) is 0 Å². The molecule has 2 fully saturated rings. The van der Waals surface area contributed by atoms with E-state index in [4.69, 9.17) is 4.74 Å². The van der Waals surface area contributed by atoms with Gasteiger partial charge in [0.05, 0.1) is 11.0 Å². The molecule has 82 valence electrons. The Balaban J connectivity index is 1.91. The highest BCUT2D eigenvalue weighted by Gasteiger charge is 2.37. The molecule has 2 heterocycles. The van der Waals surface area contributed by atoms with E-state index in [0.29, 0.717) is 11.0 Å². The fourth-order valence-corrected chi connectivity index (χ4v) is 3.84. The van der Waals surface area contributed by atoms with Crippen molar-refractivity contribution in [2.24, 2.45) is 0 Å². The van der Waals surface area contributed by atoms with Crippen LogP contribution < -0.4 is 5.32 Å². The van der Waals surface area contributed by atoms with Crippen LogP contribution >= 0.6 is 11.8 Å². The first kappa shape index (κ1) is 10.8. The van der Waals surface area contributed by atoms with Gasteiger partial charge in [-0.05, 0) is 31.6 Å². The van der Waals surface area contributed by atoms with Crippen molar-refractivity contribution < 1.29 is 4.74 Å². The lowest BCUT2D eigenvalue weighted by molar-refractivity contribution is -0.0110. The molecular weight excluding hydrogens is 194 g/mol. The van der Waals surface area contributed by atoms with Gasteiger partial charge in [-0.3, -0.25) is 0 Å². The van der Waals surface area contributed by atoms with Crippen molar-refractivity contribution in [1.82, 2.24) is 5.32 Å². The molecule has 0 aromatic carbocycles. The van der Waals surface area contributed by atoms with Crippen molar-refractivity contribution >= 4 is 11.8 Å². The quantitative estimate of drug-likeness (QED) is 0.764. The Kier molecular flexibility index (Phi) is 3.74. The molecule has 0 bridgehead atoms. The Labute approximate surface area is 91.2 Å². The Morgan fingerprint density at radius 1 is 1.57 bits per heavy atom. The van der Waals surface area contributed by atoms with Crippen LogP contribution in [0.3, 0.4) is 0 Å². The van der Waals surface area contributed by atoms with Crippen LogP contribution in [0.2, 0.25) is 0 Å². The largest absolute Gasteiger partial charge is 0.378 e. The molecule has 0 amide bonds. The average Bonchev–Trinajstić information content (AvgIpc) is 2.19. The van der Waals surface area contributed by atoms with Crippen LogP contribution in [-0.4, -0.2) is 29.9 Å². The fraction of sp³-hybridized carbons (Fsp3) is 1.00. The molecule has 0 radical (unpaired) electrons. The number of nitrogens with one attached hydrogen (secondary N) is 1. The summed E-state index contributed by atoms with van der Waals surface area (Å²) in [5, 5.41) is 3.71. The van der Waals surface area contributed by atoms with Crippen LogP contribution in [-0.2, 0) is 4.74 Å². The third-order valence-electron chi connectivity index (χ3n) is 3.17. The summed E-state index contributed by atoms with van der Waals surface area (Å²) >= 11 is 2.12. The minimum atomic E-state index is 0.371. The molecule has 0 saturated carbocycles. The summed E-state index contributed by atoms with van der Waals surface area (Å²) in [4.78, 5) is 0.371. The van der Waals surface area contributed by atoms with E-state index in [1.807, 2.05) is 0 Å². The molecule has 0 aromatic heterocycles. The lowest BCUT2D eigenvalue weighted by Gasteiger charge is -2.43. The van der Waals surface area contributed by atoms with E-state index in [1.165, 1.54) is 44.4 Å². The first-order chi connectivity index (χ1) is 6.85. The number of rotatable bonds is 2. The monoisotopic (exact) mass is 215 g/mol. The highest BCUT2D eigenvalue weighted by Crippen LogP contribution is 2.38. The van der Waals surface area contributed by atoms with Gasteiger partial charge in [-0.15, -0.1) is 11.8 Å². The van der Waals surface area contributed by atoms with Crippen molar-refractivity contribution in [3.8, 4) is 0 Å². The Morgan fingerprint density at radius 2 is 2.50 bits per heavy atom. The van der Waals surface area contributed by atoms with Crippen molar-refractivity contribution in [2.75, 3.05) is 18.9 Å². The van der Waals surface area contributed by atoms with Gasteiger partial charge in [-0.2, -0.15) is 0 Å². The summed E-state index contributed by atoms with van der Waals surface area (Å²) in [6.07, 6.45) is 6.71. The molecule has 14 heavy (non-hydrogen) atoms. The first-order valence-electron chi connectivity index (χ1n) is 5.85. The molecule has 2 aliphatic rings. The van der Waals surface area contributed by atoms with Gasteiger partial charge >= 0.3 is 0 Å². The molecule has 2 nitrogen and oxygen atoms in total. The van der Waals surface area contributed by atoms with Gasteiger partial charge in [0.15, 0.2) is 0 Å². The van der Waals surface area contributed by atoms with Crippen LogP contribution in [0.4, 0.5) is 0 Å². The topological polar surface area (TPSA) is 21.3 Å². The minimum Gasteiger partial charge on any atom is -0.378 e. The van der Waals surface area contributed by atoms with E-state index < -0.39 is 0 Å². The van der Waals surface area contributed by atoms with Gasteiger partial charge in [-0.25, -0.2) is 0 Å². The highest BCUT2D eigenvalue weighted by atomic mass is 32.2. The summed E-state index contributed by atoms with van der Waals surface area (Å²) in [7, 11) is 0. The van der Waals surface area contributed by atoms with Crippen molar-refractivity contribution in [3.05, 3.63) is 0 Å². The Morgan fingerprint density at radius 3 is 3.21 bits per heavy atom. The van der Waals surface area contributed by atoms with Gasteiger partial charge in [0.25, 0.3) is 0 Å². The molecule has 2 saturated heterocycles. The number of ether oxygens (including phenoxy) is 1. The molecule has 2 unspecified atom stereocenters. The molecule has 2 aliphatic heterocycles. The fourth-order valence-electron chi connectivity index (χ4n) is 2.43. The number of hydrogen-bond acceptors (Lipinski definition) is 3. The minimum absolute atomic E-state index is 0.371. The van der Waals surface area contributed by atoms with Crippen molar-refractivity contribution in [3.63, 3.8) is 0 Å². The summed E-state index contributed by atoms with van der Waals surface area (Å²) in [6, 6.07) is 0. The number of hydrogen-bond donors (Lipinski definition) is 1. The molecule has 0 aromatic rings. The second-order valence-corrected chi connectivity index (χ2v) is 5.84. The maximum absolute atomic E-state index is 5.79. The normalized spacial score (nSPS) is 38.8. The summed E-state index contributed by atoms with van der Waals surface area (Å²) in [5.41, 5.74) is 0. The molecule has 1 spiro atoms. The predicted molar refractivity (Wildman–Crippen MR) is 61.7 cm³/mol. The van der Waals surface area contributed by atoms with Crippen LogP contribution in [0.15, 0.2) is 0 Å². The van der Waals surface area contributed by atoms with Gasteiger partial charge in [0, 0.05) is 13.0 Å². The van der Waals surface area contributed by atoms with Gasteiger partial charge < -0.3 is 10.1 Å². The summed E-state index contributed by atoms with van der Waals surface area (Å²) in [5.74, 6) is 1.33. The van der Waals surface area contributed by atoms with Crippen LogP contribution in [0, 0.1) is 0 Å². The number of thioether (sulfide) groups is 1. The summed E-state index contributed by atoms with van der Waals surface area (Å²) in [6.45, 7) is 4.39. The lowest BCUT2D eigenvalue weighted by Crippen LogP contribution is -2.52. The second-order valence-electron chi connectivity index (χ2n) is 4.36. The van der Waals surface area contributed by atoms with Gasteiger partial charge in [-0.1, -0.05) is 13.3 Å². The van der Waals surface area contributed by atoms with E-state index in [0.717, 1.165) is 6.61 Å². The van der Waals surface area contributed by atoms with E-state index in [-0.39, 0.29) is 0 Å². The van der Waals surface area contributed by atoms with Gasteiger partial charge in [0.2, 0.25) is 0 Å². The lowest BCUT2D eigenvalue weighted by atomic mass is 9.99. The molecular formula is C11H21NOS. The summed E-state index contributed by atoms with van der Waals surface area (Å²) < 4.78 is 5.79. The molecule has 3 heteroatoms. The van der Waals surface area contributed by atoms with E-state index in [1.54, 1.807) is 0 Å². The average molecular weight is 215 g/mol. The van der Waals surface area contributed by atoms with Crippen LogP contribution in [0.1, 0.15) is 39.0 Å². The standard InChI is InChI=1S/C11H21NOS/c1-2-4-10-9-11(5-7-13-10)12-6-3-8-14-11/h10,12H,2-9H2,1H3.